The molecule has 0 fully saturated rings. The lowest BCUT2D eigenvalue weighted by Gasteiger charge is -2.11. The van der Waals surface area contributed by atoms with E-state index in [1.807, 2.05) is 60.7 Å². The molecule has 0 aliphatic carbocycles. The second kappa shape index (κ2) is 8.97. The number of nitrogens with one attached hydrogen (secondary N) is 1. The van der Waals surface area contributed by atoms with Crippen LogP contribution in [0.5, 0.6) is 0 Å². The van der Waals surface area contributed by atoms with E-state index in [9.17, 15) is 4.79 Å². The van der Waals surface area contributed by atoms with Gasteiger partial charge in [0.25, 0.3) is 5.91 Å². The van der Waals surface area contributed by atoms with Crippen LogP contribution < -0.4 is 5.32 Å². The summed E-state index contributed by atoms with van der Waals surface area (Å²) in [5.74, 6) is -0.0572. The predicted molar refractivity (Wildman–Crippen MR) is 112 cm³/mol. The fourth-order valence-corrected chi connectivity index (χ4v) is 3.33. The van der Waals surface area contributed by atoms with Crippen LogP contribution in [0.1, 0.15) is 32.6 Å². The second-order valence-electron chi connectivity index (χ2n) is 6.92. The lowest BCUT2D eigenvalue weighted by molar-refractivity contribution is 0.0950. The second-order valence-corrected chi connectivity index (χ2v) is 6.92. The van der Waals surface area contributed by atoms with Crippen molar-refractivity contribution in [2.24, 2.45) is 0 Å². The van der Waals surface area contributed by atoms with Crippen LogP contribution in [0, 0.1) is 0 Å². The van der Waals surface area contributed by atoms with E-state index in [-0.39, 0.29) is 5.91 Å². The summed E-state index contributed by atoms with van der Waals surface area (Å²) in [4.78, 5) is 16.8. The van der Waals surface area contributed by atoms with Crippen LogP contribution in [0.4, 0.5) is 0 Å². The van der Waals surface area contributed by atoms with Crippen molar-refractivity contribution in [1.29, 1.82) is 0 Å². The predicted octanol–water partition coefficient (Wildman–Crippen LogP) is 3.85. The van der Waals surface area contributed by atoms with Gasteiger partial charge in [0, 0.05) is 12.1 Å². The molecule has 0 radical (unpaired) electrons. The number of rotatable bonds is 7. The summed E-state index contributed by atoms with van der Waals surface area (Å²) in [5, 5.41) is 7.19. The van der Waals surface area contributed by atoms with Crippen LogP contribution >= 0.6 is 0 Å². The number of carbonyl (C=O) groups is 1. The Morgan fingerprint density at radius 3 is 2.45 bits per heavy atom. The average molecular weight is 382 g/mol. The van der Waals surface area contributed by atoms with E-state index < -0.39 is 0 Å². The molecule has 0 saturated heterocycles. The Morgan fingerprint density at radius 2 is 1.62 bits per heavy atom. The van der Waals surface area contributed by atoms with Gasteiger partial charge in [0.1, 0.15) is 12.7 Å². The Hall–Kier alpha value is -3.73. The SMILES string of the molecule is O=C(NCc1cccc(Cn2cncn2)c1)c1ccccc1Cc1ccccc1. The minimum Gasteiger partial charge on any atom is -0.348 e. The third-order valence-corrected chi connectivity index (χ3v) is 4.76. The molecule has 4 aromatic rings. The quantitative estimate of drug-likeness (QED) is 0.528. The minimum absolute atomic E-state index is 0.0572. The Bertz CT molecular complexity index is 1080. The molecule has 0 aliphatic heterocycles. The minimum atomic E-state index is -0.0572. The van der Waals surface area contributed by atoms with Crippen molar-refractivity contribution in [3.63, 3.8) is 0 Å². The monoisotopic (exact) mass is 382 g/mol. The summed E-state index contributed by atoms with van der Waals surface area (Å²) in [6, 6.07) is 26.1. The maximum atomic E-state index is 12.8. The highest BCUT2D eigenvalue weighted by Crippen LogP contribution is 2.15. The normalized spacial score (nSPS) is 10.6. The molecule has 5 nitrogen and oxygen atoms in total. The van der Waals surface area contributed by atoms with Crippen molar-refractivity contribution in [3.8, 4) is 0 Å². The molecule has 0 unspecified atom stereocenters. The number of nitrogens with zero attached hydrogens (tertiary/aromatic N) is 3. The highest BCUT2D eigenvalue weighted by Gasteiger charge is 2.11. The van der Waals surface area contributed by atoms with Gasteiger partial charge in [-0.2, -0.15) is 5.10 Å². The first kappa shape index (κ1) is 18.6. The molecule has 0 atom stereocenters. The van der Waals surface area contributed by atoms with Crippen molar-refractivity contribution in [2.45, 2.75) is 19.5 Å². The third kappa shape index (κ3) is 4.96. The fourth-order valence-electron chi connectivity index (χ4n) is 3.33. The number of hydrogen-bond donors (Lipinski definition) is 1. The summed E-state index contributed by atoms with van der Waals surface area (Å²) in [7, 11) is 0. The Labute approximate surface area is 170 Å². The van der Waals surface area contributed by atoms with Gasteiger partial charge in [0.05, 0.1) is 6.54 Å². The standard InChI is InChI=1S/C24H22N4O/c29-24(23-12-5-4-11-22(23)14-19-7-2-1-3-8-19)26-15-20-9-6-10-21(13-20)16-28-18-25-17-27-28/h1-13,17-18H,14-16H2,(H,26,29). The van der Waals surface area contributed by atoms with E-state index in [1.165, 1.54) is 11.9 Å². The van der Waals surface area contributed by atoms with Gasteiger partial charge >= 0.3 is 0 Å². The number of aromatic nitrogens is 3. The van der Waals surface area contributed by atoms with E-state index in [2.05, 4.69) is 33.6 Å². The van der Waals surface area contributed by atoms with Crippen molar-refractivity contribution in [3.05, 3.63) is 119 Å². The first-order valence-corrected chi connectivity index (χ1v) is 9.58. The molecule has 0 aliphatic rings. The van der Waals surface area contributed by atoms with Gasteiger partial charge in [0.2, 0.25) is 0 Å². The molecular formula is C24H22N4O. The van der Waals surface area contributed by atoms with Gasteiger partial charge in [0.15, 0.2) is 0 Å². The summed E-state index contributed by atoms with van der Waals surface area (Å²) in [5.41, 5.74) is 5.10. The summed E-state index contributed by atoms with van der Waals surface area (Å²) >= 11 is 0. The van der Waals surface area contributed by atoms with Crippen LogP contribution in [0.3, 0.4) is 0 Å². The van der Waals surface area contributed by atoms with Crippen molar-refractivity contribution < 1.29 is 4.79 Å². The number of carbonyl (C=O) groups excluding carboxylic acids is 1. The van der Waals surface area contributed by atoms with Crippen molar-refractivity contribution in [2.75, 3.05) is 0 Å². The molecule has 0 bridgehead atoms. The molecular weight excluding hydrogens is 360 g/mol. The smallest absolute Gasteiger partial charge is 0.251 e. The summed E-state index contributed by atoms with van der Waals surface area (Å²) in [6.45, 7) is 1.13. The maximum Gasteiger partial charge on any atom is 0.251 e. The van der Waals surface area contributed by atoms with Gasteiger partial charge < -0.3 is 5.32 Å². The van der Waals surface area contributed by atoms with E-state index in [1.54, 1.807) is 11.0 Å². The van der Waals surface area contributed by atoms with Crippen LogP contribution in [0.15, 0.2) is 91.5 Å². The highest BCUT2D eigenvalue weighted by atomic mass is 16.1. The Kier molecular flexibility index (Phi) is 5.76. The zero-order valence-corrected chi connectivity index (χ0v) is 16.0. The molecule has 5 heteroatoms. The van der Waals surface area contributed by atoms with E-state index in [4.69, 9.17) is 0 Å². The lowest BCUT2D eigenvalue weighted by Crippen LogP contribution is -2.24. The van der Waals surface area contributed by atoms with Crippen molar-refractivity contribution in [1.82, 2.24) is 20.1 Å². The molecule has 144 valence electrons. The van der Waals surface area contributed by atoms with E-state index >= 15 is 0 Å². The van der Waals surface area contributed by atoms with E-state index in [0.717, 1.165) is 28.7 Å². The summed E-state index contributed by atoms with van der Waals surface area (Å²) < 4.78 is 1.78. The molecule has 0 spiro atoms. The zero-order chi connectivity index (χ0) is 19.9. The summed E-state index contributed by atoms with van der Waals surface area (Å²) in [6.07, 6.45) is 3.95. The Balaban J connectivity index is 1.43. The van der Waals surface area contributed by atoms with Crippen LogP contribution in [-0.2, 0) is 19.5 Å². The van der Waals surface area contributed by atoms with Crippen LogP contribution in [0.25, 0.3) is 0 Å². The molecule has 1 amide bonds. The first-order chi connectivity index (χ1) is 14.3. The van der Waals surface area contributed by atoms with Crippen LogP contribution in [0.2, 0.25) is 0 Å². The van der Waals surface area contributed by atoms with Crippen LogP contribution in [-0.4, -0.2) is 20.7 Å². The largest absolute Gasteiger partial charge is 0.348 e. The Morgan fingerprint density at radius 1 is 0.862 bits per heavy atom. The third-order valence-electron chi connectivity index (χ3n) is 4.76. The van der Waals surface area contributed by atoms with Gasteiger partial charge in [-0.05, 0) is 34.7 Å². The maximum absolute atomic E-state index is 12.8. The molecule has 1 aromatic heterocycles. The molecule has 29 heavy (non-hydrogen) atoms. The number of amides is 1. The topological polar surface area (TPSA) is 59.8 Å². The molecule has 3 aromatic carbocycles. The lowest BCUT2D eigenvalue weighted by atomic mass is 9.99. The number of hydrogen-bond acceptors (Lipinski definition) is 3. The highest BCUT2D eigenvalue weighted by molar-refractivity contribution is 5.95. The van der Waals surface area contributed by atoms with Gasteiger partial charge in [-0.3, -0.25) is 4.79 Å². The molecule has 1 heterocycles. The molecule has 1 N–H and O–H groups in total. The molecule has 0 saturated carbocycles. The molecule has 4 rings (SSSR count). The zero-order valence-electron chi connectivity index (χ0n) is 16.0. The average Bonchev–Trinajstić information content (AvgIpc) is 3.26. The fraction of sp³-hybridized carbons (Fsp3) is 0.125. The van der Waals surface area contributed by atoms with Crippen molar-refractivity contribution >= 4 is 5.91 Å². The van der Waals surface area contributed by atoms with E-state index in [0.29, 0.717) is 13.1 Å². The van der Waals surface area contributed by atoms with Gasteiger partial charge in [-0.15, -0.1) is 0 Å². The van der Waals surface area contributed by atoms with Gasteiger partial charge in [-0.25, -0.2) is 9.67 Å². The number of benzene rings is 3. The van der Waals surface area contributed by atoms with Gasteiger partial charge in [-0.1, -0.05) is 72.8 Å². The first-order valence-electron chi connectivity index (χ1n) is 9.58.